The summed E-state index contributed by atoms with van der Waals surface area (Å²) in [4.78, 5) is 37.4. The number of ether oxygens (including phenoxy) is 3. The number of rotatable bonds is 30. The van der Waals surface area contributed by atoms with Gasteiger partial charge in [0.05, 0.1) is 12.5 Å². The van der Waals surface area contributed by atoms with E-state index in [1.807, 2.05) is 13.8 Å². The number of hydrogen-bond donors (Lipinski definition) is 2. The predicted octanol–water partition coefficient (Wildman–Crippen LogP) is 8.03. The van der Waals surface area contributed by atoms with Gasteiger partial charge in [0.1, 0.15) is 37.6 Å². The highest BCUT2D eigenvalue weighted by atomic mass is 16.6. The quantitative estimate of drug-likeness (QED) is 0.0614. The van der Waals surface area contributed by atoms with E-state index >= 15 is 0 Å². The van der Waals surface area contributed by atoms with Crippen molar-refractivity contribution in [2.45, 2.75) is 174 Å². The first-order valence-corrected chi connectivity index (χ1v) is 19.0. The Hall–Kier alpha value is -2.79. The van der Waals surface area contributed by atoms with E-state index in [9.17, 15) is 9.59 Å². The zero-order chi connectivity index (χ0) is 34.8. The molecule has 11 nitrogen and oxygen atoms in total. The topological polar surface area (TPSA) is 157 Å². The third kappa shape index (κ3) is 18.1. The number of nitrogens with zero attached hydrogens (tertiary/aromatic N) is 4. The SMILES string of the molecule is CCCCCCCCCCCCCCCCCCCCCC(=O)OCC(COC(=O)[C@@H](N)[C@@H](C)CC)OCn1cnc2cnc(N)nc21. The Kier molecular flexibility index (Phi) is 22.5. The fourth-order valence-corrected chi connectivity index (χ4v) is 5.66. The molecule has 11 heteroatoms. The molecule has 0 aliphatic carbocycles. The molecule has 0 aromatic carbocycles. The number of carbonyl (C=O) groups excluding carboxylic acids is 2. The summed E-state index contributed by atoms with van der Waals surface area (Å²) in [5.41, 5.74) is 12.8. The van der Waals surface area contributed by atoms with E-state index in [0.717, 1.165) is 25.7 Å². The van der Waals surface area contributed by atoms with Gasteiger partial charge in [-0.3, -0.25) is 14.2 Å². The van der Waals surface area contributed by atoms with Crippen molar-refractivity contribution < 1.29 is 23.8 Å². The van der Waals surface area contributed by atoms with Crippen molar-refractivity contribution in [3.8, 4) is 0 Å². The van der Waals surface area contributed by atoms with E-state index in [-0.39, 0.29) is 37.8 Å². The van der Waals surface area contributed by atoms with Crippen LogP contribution in [0.1, 0.15) is 156 Å². The highest BCUT2D eigenvalue weighted by Gasteiger charge is 2.23. The van der Waals surface area contributed by atoms with Gasteiger partial charge < -0.3 is 25.7 Å². The molecule has 0 amide bonds. The molecule has 0 saturated heterocycles. The van der Waals surface area contributed by atoms with Gasteiger partial charge in [0.2, 0.25) is 5.95 Å². The largest absolute Gasteiger partial charge is 0.463 e. The molecule has 0 aliphatic rings. The minimum absolute atomic E-state index is 0.0173. The number of esters is 2. The van der Waals surface area contributed by atoms with Crippen molar-refractivity contribution in [1.29, 1.82) is 0 Å². The van der Waals surface area contributed by atoms with Crippen LogP contribution in [0.3, 0.4) is 0 Å². The molecule has 0 radical (unpaired) electrons. The fourth-order valence-electron chi connectivity index (χ4n) is 5.66. The summed E-state index contributed by atoms with van der Waals surface area (Å²) in [6.45, 7) is 6.05. The van der Waals surface area contributed by atoms with E-state index in [1.54, 1.807) is 10.9 Å². The van der Waals surface area contributed by atoms with Crippen LogP contribution in [0.5, 0.6) is 0 Å². The molecule has 1 unspecified atom stereocenters. The first kappa shape index (κ1) is 41.4. The van der Waals surface area contributed by atoms with E-state index < -0.39 is 18.1 Å². The van der Waals surface area contributed by atoms with Gasteiger partial charge in [-0.05, 0) is 12.3 Å². The molecule has 2 aromatic heterocycles. The van der Waals surface area contributed by atoms with Gasteiger partial charge in [-0.25, -0.2) is 9.97 Å². The predicted molar refractivity (Wildman–Crippen MR) is 192 cm³/mol. The fraction of sp³-hybridized carbons (Fsp3) is 0.811. The lowest BCUT2D eigenvalue weighted by Crippen LogP contribution is -2.40. The van der Waals surface area contributed by atoms with Crippen LogP contribution in [0.25, 0.3) is 11.2 Å². The zero-order valence-corrected chi connectivity index (χ0v) is 30.3. The van der Waals surface area contributed by atoms with Crippen molar-refractivity contribution >= 4 is 29.1 Å². The molecule has 4 N–H and O–H groups in total. The van der Waals surface area contributed by atoms with Gasteiger partial charge in [-0.1, -0.05) is 143 Å². The standard InChI is InChI=1S/C37H66N6O5/c1-4-6-7-8-9-10-11-12-13-14-15-16-17-18-19-20-21-22-23-24-33(44)46-26-31(27-47-36(45)34(38)30(3)5-2)48-29-43-28-41-32-25-40-37(39)42-35(32)43/h25,28,30-31,34H,4-24,26-27,29,38H2,1-3H3,(H2,39,40,42)/t30-,31?,34-/m0/s1. The van der Waals surface area contributed by atoms with E-state index in [2.05, 4.69) is 21.9 Å². The van der Waals surface area contributed by atoms with Crippen LogP contribution in [0, 0.1) is 5.92 Å². The van der Waals surface area contributed by atoms with Crippen molar-refractivity contribution in [1.82, 2.24) is 19.5 Å². The zero-order valence-electron chi connectivity index (χ0n) is 30.3. The van der Waals surface area contributed by atoms with Crippen molar-refractivity contribution in [2.24, 2.45) is 11.7 Å². The summed E-state index contributed by atoms with van der Waals surface area (Å²) < 4.78 is 18.6. The molecule has 0 saturated carbocycles. The van der Waals surface area contributed by atoms with E-state index in [4.69, 9.17) is 25.7 Å². The van der Waals surface area contributed by atoms with Gasteiger partial charge in [0.15, 0.2) is 5.65 Å². The van der Waals surface area contributed by atoms with Gasteiger partial charge >= 0.3 is 11.9 Å². The molecule has 274 valence electrons. The monoisotopic (exact) mass is 675 g/mol. The average molecular weight is 675 g/mol. The van der Waals surface area contributed by atoms with Crippen LogP contribution in [-0.2, 0) is 30.5 Å². The smallest absolute Gasteiger partial charge is 0.323 e. The first-order chi connectivity index (χ1) is 23.3. The van der Waals surface area contributed by atoms with Crippen LogP contribution in [0.15, 0.2) is 12.5 Å². The van der Waals surface area contributed by atoms with Crippen LogP contribution in [0.4, 0.5) is 5.95 Å². The molecule has 0 bridgehead atoms. The molecule has 2 rings (SSSR count). The first-order valence-electron chi connectivity index (χ1n) is 19.0. The van der Waals surface area contributed by atoms with Gasteiger partial charge in [0, 0.05) is 6.42 Å². The summed E-state index contributed by atoms with van der Waals surface area (Å²) in [6.07, 6.45) is 28.4. The van der Waals surface area contributed by atoms with Crippen LogP contribution < -0.4 is 11.5 Å². The summed E-state index contributed by atoms with van der Waals surface area (Å²) in [7, 11) is 0. The van der Waals surface area contributed by atoms with E-state index in [1.165, 1.54) is 109 Å². The molecule has 0 fully saturated rings. The number of fused-ring (bicyclic) bond motifs is 1. The van der Waals surface area contributed by atoms with Crippen LogP contribution in [0.2, 0.25) is 0 Å². The van der Waals surface area contributed by atoms with Crippen LogP contribution in [-0.4, -0.2) is 56.8 Å². The second kappa shape index (κ2) is 26.1. The van der Waals surface area contributed by atoms with Gasteiger partial charge in [-0.2, -0.15) is 4.98 Å². The van der Waals surface area contributed by atoms with Crippen molar-refractivity contribution in [2.75, 3.05) is 18.9 Å². The molecular formula is C37H66N6O5. The normalized spacial score (nSPS) is 13.4. The molecular weight excluding hydrogens is 608 g/mol. The Labute approximate surface area is 289 Å². The Morgan fingerprint density at radius 2 is 1.29 bits per heavy atom. The Balaban J connectivity index is 1.56. The Morgan fingerprint density at radius 3 is 1.83 bits per heavy atom. The van der Waals surface area contributed by atoms with Gasteiger partial charge in [-0.15, -0.1) is 0 Å². The molecule has 2 heterocycles. The number of carbonyl (C=O) groups is 2. The molecule has 0 aliphatic heterocycles. The number of hydrogen-bond acceptors (Lipinski definition) is 10. The van der Waals surface area contributed by atoms with Crippen molar-refractivity contribution in [3.63, 3.8) is 0 Å². The molecule has 48 heavy (non-hydrogen) atoms. The van der Waals surface area contributed by atoms with Crippen molar-refractivity contribution in [3.05, 3.63) is 12.5 Å². The third-order valence-electron chi connectivity index (χ3n) is 9.18. The summed E-state index contributed by atoms with van der Waals surface area (Å²) in [6, 6.07) is -0.732. The lowest BCUT2D eigenvalue weighted by molar-refractivity contribution is -0.159. The number of nitrogens with two attached hydrogens (primary N) is 2. The average Bonchev–Trinajstić information content (AvgIpc) is 3.49. The Morgan fingerprint density at radius 1 is 0.771 bits per heavy atom. The maximum absolute atomic E-state index is 12.5. The minimum atomic E-state index is -0.732. The number of aromatic nitrogens is 4. The number of anilines is 1. The highest BCUT2D eigenvalue weighted by molar-refractivity contribution is 5.75. The lowest BCUT2D eigenvalue weighted by Gasteiger charge is -2.21. The maximum atomic E-state index is 12.5. The minimum Gasteiger partial charge on any atom is -0.463 e. The molecule has 3 atom stereocenters. The lowest BCUT2D eigenvalue weighted by atomic mass is 10.0. The van der Waals surface area contributed by atoms with Crippen LogP contribution >= 0.6 is 0 Å². The number of nitrogen functional groups attached to an aromatic ring is 1. The number of imidazole rings is 1. The maximum Gasteiger partial charge on any atom is 0.323 e. The molecule has 2 aromatic rings. The number of unbranched alkanes of at least 4 members (excludes halogenated alkanes) is 18. The Bertz CT molecular complexity index is 1130. The summed E-state index contributed by atoms with van der Waals surface area (Å²) >= 11 is 0. The third-order valence-corrected chi connectivity index (χ3v) is 9.18. The van der Waals surface area contributed by atoms with E-state index in [0.29, 0.717) is 17.6 Å². The second-order valence-corrected chi connectivity index (χ2v) is 13.4. The summed E-state index contributed by atoms with van der Waals surface area (Å²) in [5, 5.41) is 0. The molecule has 0 spiro atoms. The van der Waals surface area contributed by atoms with Gasteiger partial charge in [0.25, 0.3) is 0 Å². The summed E-state index contributed by atoms with van der Waals surface area (Å²) in [5.74, 6) is -0.687. The second-order valence-electron chi connectivity index (χ2n) is 13.4. The highest BCUT2D eigenvalue weighted by Crippen LogP contribution is 2.16.